The molecule has 0 radical (unpaired) electrons. The summed E-state index contributed by atoms with van der Waals surface area (Å²) in [5, 5.41) is 3.65. The maximum absolute atomic E-state index is 11.4. The minimum Gasteiger partial charge on any atom is -0.366 e. The van der Waals surface area contributed by atoms with Crippen molar-refractivity contribution in [2.24, 2.45) is 5.73 Å². The molecular weight excluding hydrogens is 396 g/mol. The molecule has 0 aliphatic carbocycles. The lowest BCUT2D eigenvalue weighted by Gasteiger charge is -2.12. The molecule has 1 aromatic heterocycles. The van der Waals surface area contributed by atoms with Gasteiger partial charge in [0.15, 0.2) is 0 Å². The van der Waals surface area contributed by atoms with Gasteiger partial charge in [0.25, 0.3) is 0 Å². The first-order chi connectivity index (χ1) is 14.5. The Bertz CT molecular complexity index is 1230. The first-order valence-corrected chi connectivity index (χ1v) is 9.75. The number of anilines is 2. The van der Waals surface area contributed by atoms with Crippen LogP contribution in [0.3, 0.4) is 0 Å². The highest BCUT2D eigenvalue weighted by Gasteiger charge is 2.11. The molecule has 0 spiro atoms. The van der Waals surface area contributed by atoms with Crippen LogP contribution in [-0.2, 0) is 0 Å². The number of rotatable bonds is 5. The quantitative estimate of drug-likeness (QED) is 0.444. The Balaban J connectivity index is 1.67. The Morgan fingerprint density at radius 3 is 2.40 bits per heavy atom. The SMILES string of the molecule is Cc1cc(C(N)=O)ccc1Nc1ncc(Cl)c(-c2cccc(-c3ccccc3)c2)n1. The van der Waals surface area contributed by atoms with Gasteiger partial charge in [-0.25, -0.2) is 9.97 Å². The molecule has 1 heterocycles. The number of aryl methyl sites for hydroxylation is 1. The third-order valence-electron chi connectivity index (χ3n) is 4.74. The summed E-state index contributed by atoms with van der Waals surface area (Å²) in [6.07, 6.45) is 1.58. The van der Waals surface area contributed by atoms with Gasteiger partial charge >= 0.3 is 0 Å². The number of hydrogen-bond acceptors (Lipinski definition) is 4. The number of halogens is 1. The minimum atomic E-state index is -0.465. The highest BCUT2D eigenvalue weighted by Crippen LogP contribution is 2.30. The average Bonchev–Trinajstić information content (AvgIpc) is 2.77. The fourth-order valence-electron chi connectivity index (χ4n) is 3.18. The number of nitrogens with zero attached hydrogens (tertiary/aromatic N) is 2. The Labute approximate surface area is 179 Å². The van der Waals surface area contributed by atoms with E-state index in [4.69, 9.17) is 17.3 Å². The van der Waals surface area contributed by atoms with Gasteiger partial charge in [0, 0.05) is 16.8 Å². The van der Waals surface area contributed by atoms with Gasteiger partial charge in [-0.1, -0.05) is 60.1 Å². The van der Waals surface area contributed by atoms with E-state index in [9.17, 15) is 4.79 Å². The van der Waals surface area contributed by atoms with Crippen molar-refractivity contribution < 1.29 is 4.79 Å². The summed E-state index contributed by atoms with van der Waals surface area (Å²) < 4.78 is 0. The van der Waals surface area contributed by atoms with Gasteiger partial charge in [-0.3, -0.25) is 4.79 Å². The highest BCUT2D eigenvalue weighted by atomic mass is 35.5. The second kappa shape index (κ2) is 8.35. The lowest BCUT2D eigenvalue weighted by molar-refractivity contribution is 0.1000. The van der Waals surface area contributed by atoms with Gasteiger partial charge in [-0.05, 0) is 47.9 Å². The zero-order valence-electron chi connectivity index (χ0n) is 16.3. The van der Waals surface area contributed by atoms with Gasteiger partial charge in [0.2, 0.25) is 11.9 Å². The van der Waals surface area contributed by atoms with Gasteiger partial charge in [0.05, 0.1) is 16.9 Å². The van der Waals surface area contributed by atoms with Crippen LogP contribution in [0.2, 0.25) is 5.02 Å². The lowest BCUT2D eigenvalue weighted by Crippen LogP contribution is -2.11. The molecule has 3 aromatic carbocycles. The Kier molecular flexibility index (Phi) is 5.46. The summed E-state index contributed by atoms with van der Waals surface area (Å²) in [5.74, 6) is -0.0533. The predicted molar refractivity (Wildman–Crippen MR) is 121 cm³/mol. The molecule has 4 rings (SSSR count). The van der Waals surface area contributed by atoms with Crippen molar-refractivity contribution in [2.75, 3.05) is 5.32 Å². The molecule has 5 nitrogen and oxygen atoms in total. The van der Waals surface area contributed by atoms with Crippen LogP contribution in [0.4, 0.5) is 11.6 Å². The zero-order valence-corrected chi connectivity index (χ0v) is 17.0. The topological polar surface area (TPSA) is 80.9 Å². The normalized spacial score (nSPS) is 10.6. The summed E-state index contributed by atoms with van der Waals surface area (Å²) in [4.78, 5) is 20.3. The molecule has 6 heteroatoms. The fourth-order valence-corrected chi connectivity index (χ4v) is 3.38. The molecule has 0 aliphatic rings. The zero-order chi connectivity index (χ0) is 21.1. The second-order valence-corrected chi connectivity index (χ2v) is 7.26. The predicted octanol–water partition coefficient (Wildman–Crippen LogP) is 5.61. The maximum Gasteiger partial charge on any atom is 0.248 e. The molecule has 0 bridgehead atoms. The molecule has 0 atom stereocenters. The minimum absolute atomic E-state index is 0.412. The number of amides is 1. The monoisotopic (exact) mass is 414 g/mol. The smallest absolute Gasteiger partial charge is 0.248 e. The average molecular weight is 415 g/mol. The first-order valence-electron chi connectivity index (χ1n) is 9.37. The van der Waals surface area contributed by atoms with Gasteiger partial charge in [0.1, 0.15) is 0 Å². The van der Waals surface area contributed by atoms with Crippen molar-refractivity contribution in [1.29, 1.82) is 0 Å². The van der Waals surface area contributed by atoms with Crippen LogP contribution in [0.25, 0.3) is 22.4 Å². The van der Waals surface area contributed by atoms with Gasteiger partial charge < -0.3 is 11.1 Å². The third-order valence-corrected chi connectivity index (χ3v) is 5.02. The number of carbonyl (C=O) groups is 1. The van der Waals surface area contributed by atoms with Crippen molar-refractivity contribution >= 4 is 29.1 Å². The molecule has 0 fully saturated rings. The molecule has 0 unspecified atom stereocenters. The number of benzene rings is 3. The van der Waals surface area contributed by atoms with E-state index < -0.39 is 5.91 Å². The van der Waals surface area contributed by atoms with E-state index in [1.807, 2.05) is 37.3 Å². The number of hydrogen-bond donors (Lipinski definition) is 2. The number of nitrogens with two attached hydrogens (primary N) is 1. The molecule has 0 saturated heterocycles. The van der Waals surface area contributed by atoms with E-state index >= 15 is 0 Å². The van der Waals surface area contributed by atoms with Crippen LogP contribution in [0.5, 0.6) is 0 Å². The van der Waals surface area contributed by atoms with E-state index in [1.54, 1.807) is 24.4 Å². The van der Waals surface area contributed by atoms with Gasteiger partial charge in [-0.15, -0.1) is 0 Å². The van der Waals surface area contributed by atoms with Crippen LogP contribution in [0.15, 0.2) is 79.0 Å². The van der Waals surface area contributed by atoms with Crippen LogP contribution in [-0.4, -0.2) is 15.9 Å². The summed E-state index contributed by atoms with van der Waals surface area (Å²) >= 11 is 6.41. The number of aromatic nitrogens is 2. The molecule has 4 aromatic rings. The molecule has 0 saturated carbocycles. The highest BCUT2D eigenvalue weighted by molar-refractivity contribution is 6.32. The van der Waals surface area contributed by atoms with Crippen LogP contribution in [0.1, 0.15) is 15.9 Å². The summed E-state index contributed by atoms with van der Waals surface area (Å²) in [5.41, 5.74) is 11.2. The Morgan fingerprint density at radius 1 is 0.933 bits per heavy atom. The van der Waals surface area contributed by atoms with Gasteiger partial charge in [-0.2, -0.15) is 0 Å². The molecule has 30 heavy (non-hydrogen) atoms. The second-order valence-electron chi connectivity index (χ2n) is 6.86. The maximum atomic E-state index is 11.4. The van der Waals surface area contributed by atoms with Crippen LogP contribution in [0, 0.1) is 6.92 Å². The van der Waals surface area contributed by atoms with E-state index in [0.717, 1.165) is 27.9 Å². The van der Waals surface area contributed by atoms with E-state index in [-0.39, 0.29) is 0 Å². The first kappa shape index (κ1) is 19.6. The fraction of sp³-hybridized carbons (Fsp3) is 0.0417. The molecule has 148 valence electrons. The number of carbonyl (C=O) groups excluding carboxylic acids is 1. The summed E-state index contributed by atoms with van der Waals surface area (Å²) in [6.45, 7) is 1.88. The Morgan fingerprint density at radius 2 is 1.67 bits per heavy atom. The van der Waals surface area contributed by atoms with Crippen molar-refractivity contribution in [3.63, 3.8) is 0 Å². The summed E-state index contributed by atoms with van der Waals surface area (Å²) in [6, 6.07) is 23.4. The van der Waals surface area contributed by atoms with Crippen LogP contribution < -0.4 is 11.1 Å². The molecule has 3 N–H and O–H groups in total. The largest absolute Gasteiger partial charge is 0.366 e. The number of primary amides is 1. The Hall–Kier alpha value is -3.70. The standard InChI is InChI=1S/C24H19ClN4O/c1-15-12-19(23(26)30)10-11-21(15)28-24-27-14-20(25)22(29-24)18-9-5-8-17(13-18)16-6-3-2-4-7-16/h2-14H,1H3,(H2,26,30)(H,27,28,29). The van der Waals surface area contributed by atoms with Crippen molar-refractivity contribution in [3.8, 4) is 22.4 Å². The van der Waals surface area contributed by atoms with E-state index in [0.29, 0.717) is 22.2 Å². The molecule has 1 amide bonds. The number of nitrogens with one attached hydrogen (secondary N) is 1. The lowest BCUT2D eigenvalue weighted by atomic mass is 10.0. The molecular formula is C24H19ClN4O. The molecule has 0 aliphatic heterocycles. The van der Waals surface area contributed by atoms with Crippen molar-refractivity contribution in [3.05, 3.63) is 95.1 Å². The van der Waals surface area contributed by atoms with E-state index in [2.05, 4.69) is 39.6 Å². The summed E-state index contributed by atoms with van der Waals surface area (Å²) in [7, 11) is 0. The van der Waals surface area contributed by atoms with E-state index in [1.165, 1.54) is 0 Å². The van der Waals surface area contributed by atoms with Crippen molar-refractivity contribution in [1.82, 2.24) is 9.97 Å². The van der Waals surface area contributed by atoms with Crippen molar-refractivity contribution in [2.45, 2.75) is 6.92 Å². The third kappa shape index (κ3) is 4.16. The van der Waals surface area contributed by atoms with Crippen LogP contribution >= 0.6 is 11.6 Å².